The molecule has 2 fully saturated rings. The zero-order valence-electron chi connectivity index (χ0n) is 13.3. The number of aromatic nitrogens is 2. The SMILES string of the molecule is CN1C(=O)N[C@@H]2CN(Cc3nc(-c4ccccc4F)no3)CC[C@@H]21. The predicted octanol–water partition coefficient (Wildman–Crippen LogP) is 1.47. The molecule has 1 aromatic carbocycles. The Morgan fingerprint density at radius 1 is 1.42 bits per heavy atom. The molecule has 24 heavy (non-hydrogen) atoms. The van der Waals surface area contributed by atoms with E-state index in [1.54, 1.807) is 23.1 Å². The van der Waals surface area contributed by atoms with Gasteiger partial charge in [0.25, 0.3) is 0 Å². The second-order valence-electron chi connectivity index (χ2n) is 6.25. The van der Waals surface area contributed by atoms with Crippen molar-refractivity contribution in [3.63, 3.8) is 0 Å². The molecule has 2 saturated heterocycles. The fourth-order valence-corrected chi connectivity index (χ4v) is 3.43. The van der Waals surface area contributed by atoms with Crippen LogP contribution in [0.5, 0.6) is 0 Å². The summed E-state index contributed by atoms with van der Waals surface area (Å²) in [6.45, 7) is 2.07. The topological polar surface area (TPSA) is 74.5 Å². The van der Waals surface area contributed by atoms with Gasteiger partial charge in [0.2, 0.25) is 11.7 Å². The molecule has 1 N–H and O–H groups in total. The predicted molar refractivity (Wildman–Crippen MR) is 83.5 cm³/mol. The Morgan fingerprint density at radius 2 is 2.25 bits per heavy atom. The van der Waals surface area contributed by atoms with Gasteiger partial charge in [0.1, 0.15) is 5.82 Å². The Morgan fingerprint density at radius 3 is 3.08 bits per heavy atom. The van der Waals surface area contributed by atoms with Gasteiger partial charge in [0.05, 0.1) is 24.2 Å². The molecule has 2 amide bonds. The Hall–Kier alpha value is -2.48. The smallest absolute Gasteiger partial charge is 0.317 e. The summed E-state index contributed by atoms with van der Waals surface area (Å²) < 4.78 is 19.0. The summed E-state index contributed by atoms with van der Waals surface area (Å²) in [7, 11) is 1.83. The first-order valence-corrected chi connectivity index (χ1v) is 7.95. The number of carbonyl (C=O) groups excluding carboxylic acids is 1. The van der Waals surface area contributed by atoms with E-state index in [4.69, 9.17) is 4.52 Å². The van der Waals surface area contributed by atoms with E-state index in [2.05, 4.69) is 20.4 Å². The molecule has 7 nitrogen and oxygen atoms in total. The summed E-state index contributed by atoms with van der Waals surface area (Å²) in [6.07, 6.45) is 0.897. The number of benzene rings is 1. The monoisotopic (exact) mass is 331 g/mol. The number of amides is 2. The highest BCUT2D eigenvalue weighted by atomic mass is 19.1. The van der Waals surface area contributed by atoms with E-state index < -0.39 is 0 Å². The molecule has 2 atom stereocenters. The fraction of sp³-hybridized carbons (Fsp3) is 0.438. The number of urea groups is 1. The van der Waals surface area contributed by atoms with Crippen LogP contribution >= 0.6 is 0 Å². The van der Waals surface area contributed by atoms with E-state index >= 15 is 0 Å². The molecule has 0 saturated carbocycles. The Labute approximate surface area is 138 Å². The number of halogens is 1. The maximum absolute atomic E-state index is 13.8. The number of carbonyl (C=O) groups is 1. The number of hydrogen-bond donors (Lipinski definition) is 1. The number of likely N-dealkylation sites (tertiary alicyclic amines) is 1. The summed E-state index contributed by atoms with van der Waals surface area (Å²) in [6, 6.07) is 6.69. The summed E-state index contributed by atoms with van der Waals surface area (Å²) in [5.41, 5.74) is 0.330. The van der Waals surface area contributed by atoms with E-state index in [1.165, 1.54) is 6.07 Å². The lowest BCUT2D eigenvalue weighted by Crippen LogP contribution is -2.50. The van der Waals surface area contributed by atoms with Crippen molar-refractivity contribution in [2.75, 3.05) is 20.1 Å². The van der Waals surface area contributed by atoms with E-state index in [1.807, 2.05) is 7.05 Å². The Kier molecular flexibility index (Phi) is 3.68. The molecule has 3 heterocycles. The van der Waals surface area contributed by atoms with Crippen LogP contribution in [0.4, 0.5) is 9.18 Å². The van der Waals surface area contributed by atoms with Crippen molar-refractivity contribution in [3.8, 4) is 11.4 Å². The van der Waals surface area contributed by atoms with Crippen LogP contribution < -0.4 is 5.32 Å². The molecule has 0 bridgehead atoms. The van der Waals surface area contributed by atoms with Crippen LogP contribution in [0.1, 0.15) is 12.3 Å². The highest BCUT2D eigenvalue weighted by molar-refractivity contribution is 5.77. The normalized spacial score (nSPS) is 24.1. The highest BCUT2D eigenvalue weighted by Gasteiger charge is 2.40. The number of rotatable bonds is 3. The maximum Gasteiger partial charge on any atom is 0.317 e. The van der Waals surface area contributed by atoms with Gasteiger partial charge in [-0.15, -0.1) is 0 Å². The zero-order valence-corrected chi connectivity index (χ0v) is 13.3. The number of piperidine rings is 1. The number of hydrogen-bond acceptors (Lipinski definition) is 5. The van der Waals surface area contributed by atoms with Gasteiger partial charge in [-0.2, -0.15) is 4.98 Å². The average molecular weight is 331 g/mol. The van der Waals surface area contributed by atoms with Crippen LogP contribution in [0.25, 0.3) is 11.4 Å². The molecule has 0 spiro atoms. The number of nitrogens with one attached hydrogen (secondary N) is 1. The molecular formula is C16H18FN5O2. The van der Waals surface area contributed by atoms with Crippen LogP contribution in [0.15, 0.2) is 28.8 Å². The van der Waals surface area contributed by atoms with Crippen molar-refractivity contribution in [3.05, 3.63) is 36.0 Å². The third-order valence-corrected chi connectivity index (χ3v) is 4.73. The first kappa shape index (κ1) is 15.1. The van der Waals surface area contributed by atoms with Gasteiger partial charge in [0, 0.05) is 20.1 Å². The van der Waals surface area contributed by atoms with Crippen LogP contribution in [0, 0.1) is 5.82 Å². The Bertz CT molecular complexity index is 764. The molecule has 2 aromatic rings. The van der Waals surface area contributed by atoms with Crippen molar-refractivity contribution in [2.45, 2.75) is 25.0 Å². The van der Waals surface area contributed by atoms with Crippen molar-refractivity contribution in [1.29, 1.82) is 0 Å². The number of fused-ring (bicyclic) bond motifs is 1. The largest absolute Gasteiger partial charge is 0.338 e. The van der Waals surface area contributed by atoms with E-state index in [9.17, 15) is 9.18 Å². The van der Waals surface area contributed by atoms with Crippen molar-refractivity contribution < 1.29 is 13.7 Å². The van der Waals surface area contributed by atoms with E-state index in [-0.39, 0.29) is 29.8 Å². The lowest BCUT2D eigenvalue weighted by atomic mass is 10.0. The van der Waals surface area contributed by atoms with Crippen LogP contribution in [0.3, 0.4) is 0 Å². The van der Waals surface area contributed by atoms with Crippen LogP contribution in [-0.4, -0.2) is 58.2 Å². The van der Waals surface area contributed by atoms with Crippen molar-refractivity contribution in [2.24, 2.45) is 0 Å². The second kappa shape index (κ2) is 5.86. The molecule has 2 aliphatic rings. The van der Waals surface area contributed by atoms with Crippen LogP contribution in [-0.2, 0) is 6.54 Å². The molecule has 126 valence electrons. The van der Waals surface area contributed by atoms with Crippen molar-refractivity contribution >= 4 is 6.03 Å². The molecule has 8 heteroatoms. The van der Waals surface area contributed by atoms with Gasteiger partial charge in [-0.3, -0.25) is 4.90 Å². The van der Waals surface area contributed by atoms with Gasteiger partial charge in [-0.25, -0.2) is 9.18 Å². The fourth-order valence-electron chi connectivity index (χ4n) is 3.43. The third-order valence-electron chi connectivity index (χ3n) is 4.73. The lowest BCUT2D eigenvalue weighted by molar-refractivity contribution is 0.135. The average Bonchev–Trinajstić information content (AvgIpc) is 3.13. The molecular weight excluding hydrogens is 313 g/mol. The summed E-state index contributed by atoms with van der Waals surface area (Å²) in [5, 5.41) is 6.86. The first-order chi connectivity index (χ1) is 11.6. The molecule has 0 aliphatic carbocycles. The van der Waals surface area contributed by atoms with Gasteiger partial charge < -0.3 is 14.7 Å². The zero-order chi connectivity index (χ0) is 16.7. The van der Waals surface area contributed by atoms with E-state index in [0.29, 0.717) is 18.0 Å². The Balaban J connectivity index is 1.44. The minimum Gasteiger partial charge on any atom is -0.338 e. The molecule has 0 radical (unpaired) electrons. The van der Waals surface area contributed by atoms with Gasteiger partial charge in [-0.1, -0.05) is 17.3 Å². The first-order valence-electron chi connectivity index (χ1n) is 7.95. The van der Waals surface area contributed by atoms with Gasteiger partial charge in [0.15, 0.2) is 0 Å². The standard InChI is InChI=1S/C16H18FN5O2/c1-21-13-6-7-22(8-12(13)18-16(21)23)9-14-19-15(20-24-14)10-4-2-3-5-11(10)17/h2-5,12-13H,6-9H2,1H3,(H,18,23)/t12-,13+/m1/s1. The number of likely N-dealkylation sites (N-methyl/N-ethyl adjacent to an activating group) is 1. The quantitative estimate of drug-likeness (QED) is 0.922. The van der Waals surface area contributed by atoms with Crippen molar-refractivity contribution in [1.82, 2.24) is 25.3 Å². The van der Waals surface area contributed by atoms with Gasteiger partial charge in [-0.05, 0) is 18.6 Å². The lowest BCUT2D eigenvalue weighted by Gasteiger charge is -2.34. The van der Waals surface area contributed by atoms with Gasteiger partial charge >= 0.3 is 6.03 Å². The molecule has 0 unspecified atom stereocenters. The minimum absolute atomic E-state index is 0.0218. The highest BCUT2D eigenvalue weighted by Crippen LogP contribution is 2.23. The summed E-state index contributed by atoms with van der Waals surface area (Å²) >= 11 is 0. The minimum atomic E-state index is -0.373. The summed E-state index contributed by atoms with van der Waals surface area (Å²) in [5.74, 6) is 0.332. The number of nitrogens with zero attached hydrogens (tertiary/aromatic N) is 4. The van der Waals surface area contributed by atoms with E-state index in [0.717, 1.165) is 19.5 Å². The summed E-state index contributed by atoms with van der Waals surface area (Å²) in [4.78, 5) is 19.9. The maximum atomic E-state index is 13.8. The second-order valence-corrected chi connectivity index (χ2v) is 6.25. The van der Waals surface area contributed by atoms with Crippen LogP contribution in [0.2, 0.25) is 0 Å². The third kappa shape index (κ3) is 2.62. The molecule has 1 aromatic heterocycles. The molecule has 4 rings (SSSR count). The molecule has 2 aliphatic heterocycles.